The largest absolute Gasteiger partial charge is 0.342 e. The molecule has 94 valence electrons. The van der Waals surface area contributed by atoms with Crippen LogP contribution in [0.25, 0.3) is 0 Å². The molecule has 0 aliphatic heterocycles. The highest BCUT2D eigenvalue weighted by Gasteiger charge is 2.13. The highest BCUT2D eigenvalue weighted by molar-refractivity contribution is 6.33. The summed E-state index contributed by atoms with van der Waals surface area (Å²) in [6.45, 7) is 2.87. The second-order valence-corrected chi connectivity index (χ2v) is 4.71. The van der Waals surface area contributed by atoms with Crippen LogP contribution >= 0.6 is 23.2 Å². The summed E-state index contributed by atoms with van der Waals surface area (Å²) in [4.78, 5) is 17.5. The maximum absolute atomic E-state index is 12.0. The fraction of sp³-hybridized carbons (Fsp3) is 0.500. The van der Waals surface area contributed by atoms with Crippen molar-refractivity contribution >= 4 is 29.1 Å². The Balaban J connectivity index is 2.68. The van der Waals surface area contributed by atoms with Gasteiger partial charge in [-0.25, -0.2) is 4.98 Å². The molecule has 0 saturated carbocycles. The Labute approximate surface area is 112 Å². The van der Waals surface area contributed by atoms with Crippen LogP contribution in [-0.2, 0) is 0 Å². The van der Waals surface area contributed by atoms with E-state index in [0.717, 1.165) is 25.8 Å². The van der Waals surface area contributed by atoms with Gasteiger partial charge in [0.25, 0.3) is 5.91 Å². The number of carbonyl (C=O) groups excluding carboxylic acids is 1. The summed E-state index contributed by atoms with van der Waals surface area (Å²) in [5, 5.41) is 0.477. The third-order valence-corrected chi connectivity index (χ3v) is 2.84. The molecule has 1 amide bonds. The van der Waals surface area contributed by atoms with Gasteiger partial charge in [-0.2, -0.15) is 0 Å². The van der Waals surface area contributed by atoms with Gasteiger partial charge in [-0.15, -0.1) is 0 Å². The molecule has 0 fully saturated rings. The molecule has 3 nitrogen and oxygen atoms in total. The summed E-state index contributed by atoms with van der Waals surface area (Å²) < 4.78 is 0. The molecule has 1 aromatic rings. The lowest BCUT2D eigenvalue weighted by atomic mass is 10.2. The first-order valence-electron chi connectivity index (χ1n) is 5.63. The molecule has 1 heterocycles. The average molecular weight is 275 g/mol. The second-order valence-electron chi connectivity index (χ2n) is 3.94. The summed E-state index contributed by atoms with van der Waals surface area (Å²) in [5.41, 5.74) is 0.481. The number of hydrogen-bond donors (Lipinski definition) is 0. The molecule has 1 aromatic heterocycles. The third kappa shape index (κ3) is 4.52. The van der Waals surface area contributed by atoms with E-state index in [2.05, 4.69) is 11.9 Å². The van der Waals surface area contributed by atoms with Crippen LogP contribution in [0.5, 0.6) is 0 Å². The lowest BCUT2D eigenvalue weighted by Gasteiger charge is -2.17. The van der Waals surface area contributed by atoms with Gasteiger partial charge >= 0.3 is 0 Å². The van der Waals surface area contributed by atoms with Gasteiger partial charge in [0.2, 0.25) is 0 Å². The number of rotatable bonds is 5. The monoisotopic (exact) mass is 274 g/mol. The minimum Gasteiger partial charge on any atom is -0.342 e. The fourth-order valence-corrected chi connectivity index (χ4v) is 1.97. The summed E-state index contributed by atoms with van der Waals surface area (Å²) in [7, 11) is 1.78. The Morgan fingerprint density at radius 1 is 1.29 bits per heavy atom. The first-order valence-corrected chi connectivity index (χ1v) is 6.38. The van der Waals surface area contributed by atoms with Crippen molar-refractivity contribution in [2.75, 3.05) is 13.6 Å². The van der Waals surface area contributed by atoms with E-state index in [9.17, 15) is 4.79 Å². The predicted octanol–water partition coefficient (Wildman–Crippen LogP) is 3.65. The van der Waals surface area contributed by atoms with Crippen LogP contribution in [0.4, 0.5) is 0 Å². The molecule has 0 aliphatic rings. The fourth-order valence-electron chi connectivity index (χ4n) is 1.51. The minimum atomic E-state index is -0.0766. The van der Waals surface area contributed by atoms with Gasteiger partial charge in [-0.3, -0.25) is 4.79 Å². The van der Waals surface area contributed by atoms with Gasteiger partial charge < -0.3 is 4.90 Å². The third-order valence-electron chi connectivity index (χ3n) is 2.45. The molecule has 1 rings (SSSR count). The maximum atomic E-state index is 12.0. The molecule has 0 bridgehead atoms. The van der Waals surface area contributed by atoms with E-state index >= 15 is 0 Å². The lowest BCUT2D eigenvalue weighted by Crippen LogP contribution is -2.27. The van der Waals surface area contributed by atoms with E-state index < -0.39 is 0 Å². The smallest absolute Gasteiger partial charge is 0.253 e. The van der Waals surface area contributed by atoms with Crippen LogP contribution in [0.2, 0.25) is 10.3 Å². The van der Waals surface area contributed by atoms with Gasteiger partial charge in [0, 0.05) is 19.2 Å². The van der Waals surface area contributed by atoms with E-state index in [4.69, 9.17) is 23.2 Å². The van der Waals surface area contributed by atoms with Crippen molar-refractivity contribution in [3.8, 4) is 0 Å². The number of aromatic nitrogens is 1. The number of hydrogen-bond acceptors (Lipinski definition) is 2. The van der Waals surface area contributed by atoms with Crippen LogP contribution in [-0.4, -0.2) is 29.4 Å². The van der Waals surface area contributed by atoms with Crippen molar-refractivity contribution < 1.29 is 4.79 Å². The molecule has 0 aromatic carbocycles. The molecule has 0 saturated heterocycles. The number of nitrogens with zero attached hydrogens (tertiary/aromatic N) is 2. The standard InChI is InChI=1S/C12H16Cl2N2O/c1-3-4-5-6-16(2)12(17)9-7-10(13)15-11(14)8-9/h7-8H,3-6H2,1-2H3. The van der Waals surface area contributed by atoms with Crippen LogP contribution in [0.15, 0.2) is 12.1 Å². The zero-order valence-electron chi connectivity index (χ0n) is 10.0. The molecule has 0 radical (unpaired) electrons. The molecular weight excluding hydrogens is 259 g/mol. The van der Waals surface area contributed by atoms with Crippen molar-refractivity contribution in [2.24, 2.45) is 0 Å². The van der Waals surface area contributed by atoms with Crippen molar-refractivity contribution in [1.82, 2.24) is 9.88 Å². The average Bonchev–Trinajstić information content (AvgIpc) is 2.27. The van der Waals surface area contributed by atoms with E-state index in [1.54, 1.807) is 11.9 Å². The number of pyridine rings is 1. The quantitative estimate of drug-likeness (QED) is 0.607. The molecule has 0 unspecified atom stereocenters. The highest BCUT2D eigenvalue weighted by Crippen LogP contribution is 2.16. The van der Waals surface area contributed by atoms with Crippen LogP contribution in [0.3, 0.4) is 0 Å². The molecule has 0 N–H and O–H groups in total. The van der Waals surface area contributed by atoms with Gasteiger partial charge in [-0.1, -0.05) is 43.0 Å². The molecule has 5 heteroatoms. The zero-order valence-corrected chi connectivity index (χ0v) is 11.6. The van der Waals surface area contributed by atoms with E-state index in [1.165, 1.54) is 12.1 Å². The molecular formula is C12H16Cl2N2O. The summed E-state index contributed by atoms with van der Waals surface area (Å²) >= 11 is 11.5. The van der Waals surface area contributed by atoms with Crippen molar-refractivity contribution in [1.29, 1.82) is 0 Å². The lowest BCUT2D eigenvalue weighted by molar-refractivity contribution is 0.0792. The second kappa shape index (κ2) is 6.82. The molecule has 0 aliphatic carbocycles. The topological polar surface area (TPSA) is 33.2 Å². The van der Waals surface area contributed by atoms with Gasteiger partial charge in [0.1, 0.15) is 10.3 Å². The Bertz CT molecular complexity index is 376. The van der Waals surface area contributed by atoms with Crippen LogP contribution < -0.4 is 0 Å². The summed E-state index contributed by atoms with van der Waals surface area (Å²) in [5.74, 6) is -0.0766. The SMILES string of the molecule is CCCCCN(C)C(=O)c1cc(Cl)nc(Cl)c1. The molecule has 0 spiro atoms. The highest BCUT2D eigenvalue weighted by atomic mass is 35.5. The first kappa shape index (κ1) is 14.3. The van der Waals surface area contributed by atoms with E-state index in [-0.39, 0.29) is 16.2 Å². The summed E-state index contributed by atoms with van der Waals surface area (Å²) in [6, 6.07) is 3.07. The molecule has 17 heavy (non-hydrogen) atoms. The minimum absolute atomic E-state index is 0.0766. The Morgan fingerprint density at radius 3 is 2.41 bits per heavy atom. The first-order chi connectivity index (χ1) is 8.04. The number of carbonyl (C=O) groups is 1. The normalized spacial score (nSPS) is 10.4. The van der Waals surface area contributed by atoms with Crippen LogP contribution in [0, 0.1) is 0 Å². The van der Waals surface area contributed by atoms with Gasteiger partial charge in [0.15, 0.2) is 0 Å². The predicted molar refractivity (Wildman–Crippen MR) is 70.7 cm³/mol. The summed E-state index contributed by atoms with van der Waals surface area (Å²) in [6.07, 6.45) is 3.26. The van der Waals surface area contributed by atoms with Crippen molar-refractivity contribution in [2.45, 2.75) is 26.2 Å². The number of halogens is 2. The van der Waals surface area contributed by atoms with E-state index in [1.807, 2.05) is 0 Å². The van der Waals surface area contributed by atoms with Crippen molar-refractivity contribution in [3.63, 3.8) is 0 Å². The Kier molecular flexibility index (Phi) is 5.72. The van der Waals surface area contributed by atoms with Gasteiger partial charge in [0.05, 0.1) is 0 Å². The zero-order chi connectivity index (χ0) is 12.8. The molecule has 0 atom stereocenters. The number of unbranched alkanes of at least 4 members (excludes halogenated alkanes) is 2. The number of amides is 1. The van der Waals surface area contributed by atoms with Crippen molar-refractivity contribution in [3.05, 3.63) is 28.0 Å². The Morgan fingerprint density at radius 2 is 1.88 bits per heavy atom. The Hall–Kier alpha value is -0.800. The van der Waals surface area contributed by atoms with Crippen LogP contribution in [0.1, 0.15) is 36.5 Å². The maximum Gasteiger partial charge on any atom is 0.253 e. The van der Waals surface area contributed by atoms with E-state index in [0.29, 0.717) is 5.56 Å². The van der Waals surface area contributed by atoms with Gasteiger partial charge in [-0.05, 0) is 18.6 Å².